The zero-order valence-electron chi connectivity index (χ0n) is 16.6. The van der Waals surface area contributed by atoms with Crippen molar-refractivity contribution in [1.29, 1.82) is 0 Å². The molecule has 0 aliphatic carbocycles. The number of rotatable bonds is 9. The number of hydrogen-bond donors (Lipinski definition) is 2. The Morgan fingerprint density at radius 3 is 2.69 bits per heavy atom. The highest BCUT2D eigenvalue weighted by atomic mass is 127. The van der Waals surface area contributed by atoms with Crippen molar-refractivity contribution < 1.29 is 0 Å². The first-order chi connectivity index (χ1) is 12.2. The van der Waals surface area contributed by atoms with Gasteiger partial charge < -0.3 is 15.5 Å². The summed E-state index contributed by atoms with van der Waals surface area (Å²) in [6, 6.07) is 4.25. The summed E-state index contributed by atoms with van der Waals surface area (Å²) in [5.41, 5.74) is 1.22. The fraction of sp³-hybridized carbons (Fsp3) is 0.700. The molecule has 26 heavy (non-hydrogen) atoms. The molecule has 2 heterocycles. The van der Waals surface area contributed by atoms with E-state index in [1.165, 1.54) is 37.7 Å². The second kappa shape index (κ2) is 13.2. The third-order valence-corrected chi connectivity index (χ3v) is 4.50. The summed E-state index contributed by atoms with van der Waals surface area (Å²) in [7, 11) is 0. The van der Waals surface area contributed by atoms with E-state index in [0.717, 1.165) is 43.9 Å². The van der Waals surface area contributed by atoms with E-state index in [4.69, 9.17) is 4.99 Å². The number of nitrogens with one attached hydrogen (secondary N) is 2. The summed E-state index contributed by atoms with van der Waals surface area (Å²) in [5, 5.41) is 6.78. The Labute approximate surface area is 176 Å². The quantitative estimate of drug-likeness (QED) is 0.245. The maximum Gasteiger partial charge on any atom is 0.191 e. The highest BCUT2D eigenvalue weighted by molar-refractivity contribution is 14.0. The maximum atomic E-state index is 4.73. The Morgan fingerprint density at radius 2 is 2.00 bits per heavy atom. The molecular weight excluding hydrogens is 437 g/mol. The van der Waals surface area contributed by atoms with Crippen LogP contribution in [0.25, 0.3) is 0 Å². The van der Waals surface area contributed by atoms with Crippen molar-refractivity contribution in [2.24, 2.45) is 10.9 Å². The summed E-state index contributed by atoms with van der Waals surface area (Å²) in [4.78, 5) is 11.6. The second-order valence-corrected chi connectivity index (χ2v) is 7.23. The van der Waals surface area contributed by atoms with E-state index >= 15 is 0 Å². The van der Waals surface area contributed by atoms with Crippen LogP contribution in [0.1, 0.15) is 58.4 Å². The smallest absolute Gasteiger partial charge is 0.191 e. The van der Waals surface area contributed by atoms with Gasteiger partial charge in [0, 0.05) is 32.4 Å². The van der Waals surface area contributed by atoms with Gasteiger partial charge in [-0.15, -0.1) is 24.0 Å². The number of anilines is 1. The highest BCUT2D eigenvalue weighted by Gasteiger charge is 2.13. The number of guanidine groups is 1. The molecule has 1 aromatic rings. The predicted molar refractivity (Wildman–Crippen MR) is 123 cm³/mol. The number of aliphatic imine (C=N–C) groups is 1. The number of hydrogen-bond acceptors (Lipinski definition) is 3. The molecule has 2 rings (SSSR count). The Kier molecular flexibility index (Phi) is 11.6. The number of halogens is 1. The largest absolute Gasteiger partial charge is 0.357 e. The second-order valence-electron chi connectivity index (χ2n) is 7.23. The van der Waals surface area contributed by atoms with E-state index < -0.39 is 0 Å². The monoisotopic (exact) mass is 473 g/mol. The maximum absolute atomic E-state index is 4.73. The molecule has 2 N–H and O–H groups in total. The molecule has 1 saturated heterocycles. The lowest BCUT2D eigenvalue weighted by Crippen LogP contribution is -2.37. The van der Waals surface area contributed by atoms with Crippen LogP contribution in [0.15, 0.2) is 23.3 Å². The highest BCUT2D eigenvalue weighted by Crippen LogP contribution is 2.18. The molecule has 0 unspecified atom stereocenters. The van der Waals surface area contributed by atoms with Crippen LogP contribution < -0.4 is 15.5 Å². The van der Waals surface area contributed by atoms with Crippen molar-refractivity contribution in [2.45, 2.75) is 59.4 Å². The third kappa shape index (κ3) is 8.56. The molecule has 0 radical (unpaired) electrons. The van der Waals surface area contributed by atoms with Gasteiger partial charge in [0.1, 0.15) is 5.82 Å². The van der Waals surface area contributed by atoms with Crippen molar-refractivity contribution in [3.63, 3.8) is 0 Å². The van der Waals surface area contributed by atoms with Crippen LogP contribution in [-0.4, -0.2) is 37.1 Å². The summed E-state index contributed by atoms with van der Waals surface area (Å²) >= 11 is 0. The van der Waals surface area contributed by atoms with Gasteiger partial charge >= 0.3 is 0 Å². The van der Waals surface area contributed by atoms with Gasteiger partial charge in [0.2, 0.25) is 0 Å². The van der Waals surface area contributed by atoms with E-state index in [0.29, 0.717) is 6.54 Å². The molecule has 0 saturated carbocycles. The van der Waals surface area contributed by atoms with Crippen LogP contribution in [0.3, 0.4) is 0 Å². The van der Waals surface area contributed by atoms with Crippen LogP contribution in [-0.2, 0) is 6.54 Å². The summed E-state index contributed by atoms with van der Waals surface area (Å²) < 4.78 is 0. The van der Waals surface area contributed by atoms with Gasteiger partial charge in [0.05, 0.1) is 6.54 Å². The number of pyridine rings is 1. The van der Waals surface area contributed by atoms with Gasteiger partial charge in [0.25, 0.3) is 0 Å². The predicted octanol–water partition coefficient (Wildman–Crippen LogP) is 4.18. The molecule has 0 spiro atoms. The molecule has 0 amide bonds. The van der Waals surface area contributed by atoms with E-state index in [1.807, 2.05) is 6.20 Å². The first-order valence-electron chi connectivity index (χ1n) is 9.91. The lowest BCUT2D eigenvalue weighted by atomic mass is 10.1. The van der Waals surface area contributed by atoms with Crippen LogP contribution in [0.4, 0.5) is 5.82 Å². The topological polar surface area (TPSA) is 52.6 Å². The van der Waals surface area contributed by atoms with Crippen LogP contribution in [0.5, 0.6) is 0 Å². The van der Waals surface area contributed by atoms with Gasteiger partial charge in [-0.05, 0) is 49.8 Å². The fourth-order valence-electron chi connectivity index (χ4n) is 3.07. The normalized spacial score (nSPS) is 14.5. The van der Waals surface area contributed by atoms with Crippen molar-refractivity contribution in [3.8, 4) is 0 Å². The molecular formula is C20H36IN5. The molecule has 1 aliphatic heterocycles. The first-order valence-corrected chi connectivity index (χ1v) is 9.91. The molecule has 0 aromatic carbocycles. The summed E-state index contributed by atoms with van der Waals surface area (Å²) in [5.74, 6) is 2.79. The minimum absolute atomic E-state index is 0. The molecule has 1 aromatic heterocycles. The SMILES string of the molecule is CCNC(=NCc1ccnc(N2CCCC2)c1)NCCCCC(C)C.I. The summed E-state index contributed by atoms with van der Waals surface area (Å²) in [6.07, 6.45) is 8.21. The molecule has 0 bridgehead atoms. The van der Waals surface area contributed by atoms with Gasteiger partial charge in [-0.3, -0.25) is 0 Å². The van der Waals surface area contributed by atoms with E-state index in [1.54, 1.807) is 0 Å². The van der Waals surface area contributed by atoms with E-state index in [9.17, 15) is 0 Å². The molecule has 1 fully saturated rings. The fourth-order valence-corrected chi connectivity index (χ4v) is 3.07. The van der Waals surface area contributed by atoms with Crippen molar-refractivity contribution in [3.05, 3.63) is 23.9 Å². The van der Waals surface area contributed by atoms with Gasteiger partial charge in [-0.25, -0.2) is 9.98 Å². The standard InChI is InChI=1S/C20H35N5.HI/c1-4-21-20(23-11-6-5-9-17(2)3)24-16-18-10-12-22-19(15-18)25-13-7-8-14-25;/h10,12,15,17H,4-9,11,13-14,16H2,1-3H3,(H2,21,23,24);1H. The van der Waals surface area contributed by atoms with Crippen LogP contribution >= 0.6 is 24.0 Å². The molecule has 148 valence electrons. The van der Waals surface area contributed by atoms with Gasteiger partial charge in [0.15, 0.2) is 5.96 Å². The zero-order valence-corrected chi connectivity index (χ0v) is 19.0. The van der Waals surface area contributed by atoms with Crippen LogP contribution in [0, 0.1) is 5.92 Å². The molecule has 5 nitrogen and oxygen atoms in total. The average molecular weight is 473 g/mol. The minimum Gasteiger partial charge on any atom is -0.357 e. The van der Waals surface area contributed by atoms with Gasteiger partial charge in [-0.2, -0.15) is 0 Å². The lowest BCUT2D eigenvalue weighted by Gasteiger charge is -2.16. The Hall–Kier alpha value is -1.05. The molecule has 1 aliphatic rings. The molecule has 0 atom stereocenters. The van der Waals surface area contributed by atoms with Gasteiger partial charge in [-0.1, -0.05) is 26.7 Å². The molecule has 6 heteroatoms. The van der Waals surface area contributed by atoms with Crippen molar-refractivity contribution in [2.75, 3.05) is 31.1 Å². The number of unbranched alkanes of at least 4 members (excludes halogenated alkanes) is 1. The van der Waals surface area contributed by atoms with E-state index in [-0.39, 0.29) is 24.0 Å². The lowest BCUT2D eigenvalue weighted by molar-refractivity contribution is 0.534. The zero-order chi connectivity index (χ0) is 17.9. The first kappa shape index (κ1) is 23.0. The minimum atomic E-state index is 0. The number of aromatic nitrogens is 1. The third-order valence-electron chi connectivity index (χ3n) is 4.50. The summed E-state index contributed by atoms with van der Waals surface area (Å²) in [6.45, 7) is 11.5. The van der Waals surface area contributed by atoms with Crippen LogP contribution in [0.2, 0.25) is 0 Å². The van der Waals surface area contributed by atoms with Crippen molar-refractivity contribution >= 4 is 35.8 Å². The Balaban J connectivity index is 0.00000338. The Bertz CT molecular complexity index is 527. The van der Waals surface area contributed by atoms with E-state index in [2.05, 4.69) is 53.4 Å². The number of nitrogens with zero attached hydrogens (tertiary/aromatic N) is 3. The average Bonchev–Trinajstić information content (AvgIpc) is 3.14. The van der Waals surface area contributed by atoms with Crippen molar-refractivity contribution in [1.82, 2.24) is 15.6 Å². The Morgan fingerprint density at radius 1 is 1.23 bits per heavy atom.